The number of esters is 1. The summed E-state index contributed by atoms with van der Waals surface area (Å²) in [5, 5.41) is 3.70. The van der Waals surface area contributed by atoms with E-state index in [9.17, 15) is 18.8 Å². The average molecular weight is 332 g/mol. The van der Waals surface area contributed by atoms with Crippen molar-refractivity contribution in [3.8, 4) is 11.3 Å². The minimum absolute atomic E-state index is 0.112. The molecule has 0 N–H and O–H groups in total. The smallest absolute Gasteiger partial charge is 0.326 e. The number of carbonyl (C=O) groups excluding carboxylic acids is 3. The number of ether oxygens (including phenoxy) is 1. The fourth-order valence-corrected chi connectivity index (χ4v) is 2.30. The first-order valence-electron chi connectivity index (χ1n) is 7.24. The van der Waals surface area contributed by atoms with Gasteiger partial charge in [-0.1, -0.05) is 17.3 Å². The van der Waals surface area contributed by atoms with Crippen molar-refractivity contribution >= 4 is 17.8 Å². The Balaban J connectivity index is 1.58. The van der Waals surface area contributed by atoms with Crippen LogP contribution >= 0.6 is 0 Å². The summed E-state index contributed by atoms with van der Waals surface area (Å²) in [6.45, 7) is -0.622. The molecule has 1 aliphatic rings. The van der Waals surface area contributed by atoms with E-state index in [1.807, 2.05) is 0 Å². The molecule has 0 bridgehead atoms. The molecule has 0 atom stereocenters. The van der Waals surface area contributed by atoms with E-state index in [0.717, 1.165) is 4.90 Å². The Bertz CT molecular complexity index is 785. The number of rotatable bonds is 5. The zero-order valence-electron chi connectivity index (χ0n) is 12.5. The first-order valence-corrected chi connectivity index (χ1v) is 7.24. The first kappa shape index (κ1) is 15.9. The number of halogens is 1. The molecular weight excluding hydrogens is 319 g/mol. The summed E-state index contributed by atoms with van der Waals surface area (Å²) < 4.78 is 23.7. The largest absolute Gasteiger partial charge is 0.458 e. The first-order chi connectivity index (χ1) is 11.5. The van der Waals surface area contributed by atoms with Gasteiger partial charge in [0.05, 0.1) is 5.56 Å². The second-order valence-electron chi connectivity index (χ2n) is 5.20. The maximum absolute atomic E-state index is 13.7. The highest BCUT2D eigenvalue weighted by molar-refractivity contribution is 6.04. The number of nitrogens with zero attached hydrogens (tertiary/aromatic N) is 2. The van der Waals surface area contributed by atoms with Gasteiger partial charge in [-0.15, -0.1) is 0 Å². The molecule has 1 fully saturated rings. The van der Waals surface area contributed by atoms with Crippen LogP contribution in [0.25, 0.3) is 11.3 Å². The van der Waals surface area contributed by atoms with Gasteiger partial charge in [0.15, 0.2) is 5.76 Å². The Morgan fingerprint density at radius 2 is 1.96 bits per heavy atom. The minimum atomic E-state index is -0.728. The van der Waals surface area contributed by atoms with Gasteiger partial charge < -0.3 is 9.26 Å². The number of aromatic nitrogens is 1. The molecule has 0 saturated carbocycles. The SMILES string of the molecule is O=C(CN1C(=O)CCC1=O)OCc1cc(-c2ccccc2F)on1. The molecule has 2 aromatic rings. The predicted octanol–water partition coefficient (Wildman–Crippen LogP) is 1.67. The van der Waals surface area contributed by atoms with E-state index >= 15 is 0 Å². The third-order valence-electron chi connectivity index (χ3n) is 3.52. The number of hydrogen-bond acceptors (Lipinski definition) is 6. The molecule has 2 amide bonds. The molecule has 8 heteroatoms. The van der Waals surface area contributed by atoms with Crippen molar-refractivity contribution in [1.82, 2.24) is 10.1 Å². The highest BCUT2D eigenvalue weighted by Gasteiger charge is 2.30. The Morgan fingerprint density at radius 3 is 2.67 bits per heavy atom. The van der Waals surface area contributed by atoms with Crippen LogP contribution in [0.3, 0.4) is 0 Å². The molecule has 0 spiro atoms. The fraction of sp³-hybridized carbons (Fsp3) is 0.250. The minimum Gasteiger partial charge on any atom is -0.458 e. The zero-order valence-corrected chi connectivity index (χ0v) is 12.5. The van der Waals surface area contributed by atoms with Crippen molar-refractivity contribution in [3.63, 3.8) is 0 Å². The van der Waals surface area contributed by atoms with Crippen LogP contribution in [0.1, 0.15) is 18.5 Å². The summed E-state index contributed by atoms with van der Waals surface area (Å²) in [5.74, 6) is -1.75. The second kappa shape index (κ2) is 6.61. The van der Waals surface area contributed by atoms with Gasteiger partial charge in [-0.05, 0) is 12.1 Å². The van der Waals surface area contributed by atoms with Crippen LogP contribution < -0.4 is 0 Å². The molecule has 124 valence electrons. The molecule has 1 saturated heterocycles. The maximum Gasteiger partial charge on any atom is 0.326 e. The summed E-state index contributed by atoms with van der Waals surface area (Å²) in [7, 11) is 0. The van der Waals surface area contributed by atoms with Crippen LogP contribution in [0.2, 0.25) is 0 Å². The van der Waals surface area contributed by atoms with Crippen molar-refractivity contribution in [2.45, 2.75) is 19.4 Å². The average Bonchev–Trinajstić information content (AvgIpc) is 3.15. The number of likely N-dealkylation sites (tertiary alicyclic amines) is 1. The predicted molar refractivity (Wildman–Crippen MR) is 77.6 cm³/mol. The van der Waals surface area contributed by atoms with Crippen molar-refractivity contribution < 1.29 is 28.0 Å². The third-order valence-corrected chi connectivity index (χ3v) is 3.52. The van der Waals surface area contributed by atoms with Gasteiger partial charge in [-0.2, -0.15) is 0 Å². The highest BCUT2D eigenvalue weighted by atomic mass is 19.1. The number of benzene rings is 1. The number of imide groups is 1. The maximum atomic E-state index is 13.7. The van der Waals surface area contributed by atoms with Crippen molar-refractivity contribution in [2.24, 2.45) is 0 Å². The quantitative estimate of drug-likeness (QED) is 0.611. The van der Waals surface area contributed by atoms with Gasteiger partial charge in [0.2, 0.25) is 11.8 Å². The Labute approximate surface area is 136 Å². The van der Waals surface area contributed by atoms with E-state index < -0.39 is 18.3 Å². The van der Waals surface area contributed by atoms with Crippen LogP contribution in [0.15, 0.2) is 34.9 Å². The molecule has 0 unspecified atom stereocenters. The fourth-order valence-electron chi connectivity index (χ4n) is 2.30. The molecule has 0 aliphatic carbocycles. The van der Waals surface area contributed by atoms with Crippen molar-refractivity contribution in [3.05, 3.63) is 41.8 Å². The summed E-state index contributed by atoms with van der Waals surface area (Å²) in [4.78, 5) is 35.4. The van der Waals surface area contributed by atoms with Gasteiger partial charge in [-0.25, -0.2) is 4.39 Å². The summed E-state index contributed by atoms with van der Waals surface area (Å²) >= 11 is 0. The molecular formula is C16H13FN2O5. The summed E-state index contributed by atoms with van der Waals surface area (Å²) in [6, 6.07) is 7.50. The van der Waals surface area contributed by atoms with E-state index in [2.05, 4.69) is 5.16 Å². The van der Waals surface area contributed by atoms with Gasteiger partial charge in [0.25, 0.3) is 0 Å². The third kappa shape index (κ3) is 3.32. The zero-order chi connectivity index (χ0) is 17.1. The van der Waals surface area contributed by atoms with Gasteiger partial charge in [0, 0.05) is 18.9 Å². The highest BCUT2D eigenvalue weighted by Crippen LogP contribution is 2.23. The van der Waals surface area contributed by atoms with E-state index in [1.165, 1.54) is 18.2 Å². The molecule has 1 aromatic carbocycles. The number of amides is 2. The lowest BCUT2D eigenvalue weighted by Crippen LogP contribution is -2.35. The molecule has 2 heterocycles. The van der Waals surface area contributed by atoms with Crippen LogP contribution in [0.4, 0.5) is 4.39 Å². The van der Waals surface area contributed by atoms with Crippen LogP contribution in [-0.4, -0.2) is 34.4 Å². The van der Waals surface area contributed by atoms with Gasteiger partial charge >= 0.3 is 5.97 Å². The van der Waals surface area contributed by atoms with Gasteiger partial charge in [-0.3, -0.25) is 19.3 Å². The number of hydrogen-bond donors (Lipinski definition) is 0. The lowest BCUT2D eigenvalue weighted by molar-refractivity contribution is -0.153. The van der Waals surface area contributed by atoms with Crippen molar-refractivity contribution in [2.75, 3.05) is 6.54 Å². The Morgan fingerprint density at radius 1 is 1.25 bits per heavy atom. The normalized spacial score (nSPS) is 14.3. The molecule has 24 heavy (non-hydrogen) atoms. The standard InChI is InChI=1S/C16H13FN2O5/c17-12-4-2-1-3-11(12)13-7-10(18-24-13)9-23-16(22)8-19-14(20)5-6-15(19)21/h1-4,7H,5-6,8-9H2. The Kier molecular flexibility index (Phi) is 4.37. The molecule has 0 radical (unpaired) electrons. The molecule has 7 nitrogen and oxygen atoms in total. The molecule has 1 aliphatic heterocycles. The van der Waals surface area contributed by atoms with E-state index in [-0.39, 0.29) is 42.6 Å². The topological polar surface area (TPSA) is 89.7 Å². The van der Waals surface area contributed by atoms with Crippen LogP contribution in [0.5, 0.6) is 0 Å². The Hall–Kier alpha value is -3.03. The van der Waals surface area contributed by atoms with E-state index in [0.29, 0.717) is 5.69 Å². The van der Waals surface area contributed by atoms with Crippen molar-refractivity contribution in [1.29, 1.82) is 0 Å². The number of carbonyl (C=O) groups is 3. The summed E-state index contributed by atoms with van der Waals surface area (Å²) in [6.07, 6.45) is 0.225. The van der Waals surface area contributed by atoms with Gasteiger partial charge in [0.1, 0.15) is 24.7 Å². The lowest BCUT2D eigenvalue weighted by Gasteiger charge is -2.12. The second-order valence-corrected chi connectivity index (χ2v) is 5.20. The molecule has 3 rings (SSSR count). The monoisotopic (exact) mass is 332 g/mol. The summed E-state index contributed by atoms with van der Waals surface area (Å²) in [5.41, 5.74) is 0.538. The van der Waals surface area contributed by atoms with E-state index in [1.54, 1.807) is 12.1 Å². The lowest BCUT2D eigenvalue weighted by atomic mass is 10.1. The molecule has 1 aromatic heterocycles. The van der Waals surface area contributed by atoms with E-state index in [4.69, 9.17) is 9.26 Å². The van der Waals surface area contributed by atoms with Crippen LogP contribution in [-0.2, 0) is 25.7 Å². The van der Waals surface area contributed by atoms with Crippen LogP contribution in [0, 0.1) is 5.82 Å².